The van der Waals surface area contributed by atoms with Crippen LogP contribution in [0.15, 0.2) is 48.5 Å². The third-order valence-electron chi connectivity index (χ3n) is 4.98. The minimum atomic E-state index is 0.0676. The predicted octanol–water partition coefficient (Wildman–Crippen LogP) is 3.85. The lowest BCUT2D eigenvalue weighted by molar-refractivity contribution is -0.121. The summed E-state index contributed by atoms with van der Waals surface area (Å²) in [5.74, 6) is 0.867. The van der Waals surface area contributed by atoms with Gasteiger partial charge in [0.05, 0.1) is 12.8 Å². The average Bonchev–Trinajstić information content (AvgIpc) is 2.64. The number of carbonyl (C=O) groups excluding carboxylic acids is 1. The number of amides is 1. The SMILES string of the molecule is COc1ccccc1NC(=O)C1CCN(Cc2ccccc2C)CC1. The van der Waals surface area contributed by atoms with Crippen LogP contribution in [0.25, 0.3) is 0 Å². The first-order valence-corrected chi connectivity index (χ1v) is 8.88. The van der Waals surface area contributed by atoms with Crippen molar-refractivity contribution < 1.29 is 9.53 Å². The van der Waals surface area contributed by atoms with Crippen molar-refractivity contribution >= 4 is 11.6 Å². The van der Waals surface area contributed by atoms with Crippen LogP contribution < -0.4 is 10.1 Å². The molecule has 4 heteroatoms. The van der Waals surface area contributed by atoms with Crippen LogP contribution in [0.5, 0.6) is 5.75 Å². The number of ether oxygens (including phenoxy) is 1. The van der Waals surface area contributed by atoms with Gasteiger partial charge in [0.2, 0.25) is 5.91 Å². The number of aryl methyl sites for hydroxylation is 1. The van der Waals surface area contributed by atoms with Gasteiger partial charge in [0, 0.05) is 12.5 Å². The minimum absolute atomic E-state index is 0.0676. The van der Waals surface area contributed by atoms with Crippen molar-refractivity contribution in [3.63, 3.8) is 0 Å². The highest BCUT2D eigenvalue weighted by atomic mass is 16.5. The van der Waals surface area contributed by atoms with Crippen molar-refractivity contribution in [1.29, 1.82) is 0 Å². The van der Waals surface area contributed by atoms with Crippen LogP contribution in [-0.4, -0.2) is 31.0 Å². The topological polar surface area (TPSA) is 41.6 Å². The maximum Gasteiger partial charge on any atom is 0.227 e. The molecule has 132 valence electrons. The third-order valence-corrected chi connectivity index (χ3v) is 4.98. The van der Waals surface area contributed by atoms with Crippen molar-refractivity contribution in [1.82, 2.24) is 4.90 Å². The van der Waals surface area contributed by atoms with Gasteiger partial charge < -0.3 is 10.1 Å². The van der Waals surface area contributed by atoms with Crippen molar-refractivity contribution in [2.45, 2.75) is 26.3 Å². The highest BCUT2D eigenvalue weighted by Crippen LogP contribution is 2.26. The largest absolute Gasteiger partial charge is 0.495 e. The standard InChI is InChI=1S/C21H26N2O2/c1-16-7-3-4-8-18(16)15-23-13-11-17(12-14-23)21(24)22-19-9-5-6-10-20(19)25-2/h3-10,17H,11-15H2,1-2H3,(H,22,24). The molecule has 25 heavy (non-hydrogen) atoms. The molecular weight excluding hydrogens is 312 g/mol. The number of carbonyl (C=O) groups is 1. The van der Waals surface area contributed by atoms with Gasteiger partial charge in [-0.2, -0.15) is 0 Å². The number of nitrogens with one attached hydrogen (secondary N) is 1. The Kier molecular flexibility index (Phi) is 5.71. The van der Waals surface area contributed by atoms with Crippen molar-refractivity contribution in [2.24, 2.45) is 5.92 Å². The van der Waals surface area contributed by atoms with Crippen molar-refractivity contribution in [2.75, 3.05) is 25.5 Å². The van der Waals surface area contributed by atoms with Crippen LogP contribution in [0, 0.1) is 12.8 Å². The Labute approximate surface area is 149 Å². The smallest absolute Gasteiger partial charge is 0.227 e. The van der Waals surface area contributed by atoms with E-state index in [2.05, 4.69) is 41.4 Å². The van der Waals surface area contributed by atoms with Crippen LogP contribution in [-0.2, 0) is 11.3 Å². The first kappa shape index (κ1) is 17.5. The first-order chi connectivity index (χ1) is 12.2. The molecule has 2 aromatic rings. The van der Waals surface area contributed by atoms with Crippen LogP contribution in [0.3, 0.4) is 0 Å². The predicted molar refractivity (Wildman–Crippen MR) is 101 cm³/mol. The molecule has 2 aromatic carbocycles. The summed E-state index contributed by atoms with van der Waals surface area (Å²) in [6.45, 7) is 5.03. The highest BCUT2D eigenvalue weighted by molar-refractivity contribution is 5.94. The summed E-state index contributed by atoms with van der Waals surface area (Å²) in [4.78, 5) is 15.0. The summed E-state index contributed by atoms with van der Waals surface area (Å²) < 4.78 is 5.31. The normalized spacial score (nSPS) is 15.8. The monoisotopic (exact) mass is 338 g/mol. The molecule has 1 N–H and O–H groups in total. The number of nitrogens with zero attached hydrogens (tertiary/aromatic N) is 1. The van der Waals surface area contributed by atoms with Gasteiger partial charge in [-0.25, -0.2) is 0 Å². The number of piperidine rings is 1. The summed E-state index contributed by atoms with van der Waals surface area (Å²) in [5, 5.41) is 3.02. The number of likely N-dealkylation sites (tertiary alicyclic amines) is 1. The van der Waals surface area contributed by atoms with Crippen LogP contribution in [0.2, 0.25) is 0 Å². The number of para-hydroxylation sites is 2. The first-order valence-electron chi connectivity index (χ1n) is 8.88. The molecule has 0 radical (unpaired) electrons. The highest BCUT2D eigenvalue weighted by Gasteiger charge is 2.25. The number of hydrogen-bond donors (Lipinski definition) is 1. The quantitative estimate of drug-likeness (QED) is 0.900. The van der Waals surface area contributed by atoms with Gasteiger partial charge in [0.25, 0.3) is 0 Å². The molecule has 0 atom stereocenters. The molecule has 0 saturated carbocycles. The van der Waals surface area contributed by atoms with Gasteiger partial charge in [-0.05, 0) is 56.1 Å². The number of benzene rings is 2. The Hall–Kier alpha value is -2.33. The van der Waals surface area contributed by atoms with Crippen LogP contribution in [0.4, 0.5) is 5.69 Å². The molecule has 1 amide bonds. The van der Waals surface area contributed by atoms with Crippen molar-refractivity contribution in [3.05, 3.63) is 59.7 Å². The van der Waals surface area contributed by atoms with Crippen LogP contribution in [0.1, 0.15) is 24.0 Å². The molecule has 1 aliphatic rings. The Morgan fingerprint density at radius 1 is 1.12 bits per heavy atom. The van der Waals surface area contributed by atoms with E-state index in [1.54, 1.807) is 7.11 Å². The fraction of sp³-hybridized carbons (Fsp3) is 0.381. The third kappa shape index (κ3) is 4.40. The molecule has 0 spiro atoms. The second-order valence-corrected chi connectivity index (χ2v) is 6.67. The van der Waals surface area contributed by atoms with E-state index in [-0.39, 0.29) is 11.8 Å². The van der Waals surface area contributed by atoms with Gasteiger partial charge in [-0.1, -0.05) is 36.4 Å². The fourth-order valence-electron chi connectivity index (χ4n) is 3.36. The van der Waals surface area contributed by atoms with E-state index in [9.17, 15) is 4.79 Å². The molecule has 1 fully saturated rings. The molecule has 4 nitrogen and oxygen atoms in total. The lowest BCUT2D eigenvalue weighted by atomic mass is 9.95. The van der Waals surface area contributed by atoms with E-state index < -0.39 is 0 Å². The molecule has 0 unspecified atom stereocenters. The summed E-state index contributed by atoms with van der Waals surface area (Å²) in [5.41, 5.74) is 3.45. The summed E-state index contributed by atoms with van der Waals surface area (Å²) in [6.07, 6.45) is 1.79. The Morgan fingerprint density at radius 3 is 2.52 bits per heavy atom. The zero-order valence-electron chi connectivity index (χ0n) is 15.0. The van der Waals surface area contributed by atoms with Crippen LogP contribution >= 0.6 is 0 Å². The lowest BCUT2D eigenvalue weighted by Gasteiger charge is -2.31. The average molecular weight is 338 g/mol. The number of methoxy groups -OCH3 is 1. The molecule has 0 aromatic heterocycles. The van der Waals surface area contributed by atoms with E-state index in [1.165, 1.54) is 11.1 Å². The second kappa shape index (κ2) is 8.17. The summed E-state index contributed by atoms with van der Waals surface area (Å²) in [7, 11) is 1.62. The molecule has 0 aliphatic carbocycles. The Balaban J connectivity index is 1.53. The van der Waals surface area contributed by atoms with E-state index in [1.807, 2.05) is 24.3 Å². The number of rotatable bonds is 5. The molecule has 1 saturated heterocycles. The number of hydrogen-bond acceptors (Lipinski definition) is 3. The lowest BCUT2D eigenvalue weighted by Crippen LogP contribution is -2.37. The van der Waals surface area contributed by atoms with Gasteiger partial charge in [-0.3, -0.25) is 9.69 Å². The Morgan fingerprint density at radius 2 is 1.80 bits per heavy atom. The molecule has 3 rings (SSSR count). The molecule has 1 aliphatic heterocycles. The second-order valence-electron chi connectivity index (χ2n) is 6.67. The molecule has 0 bridgehead atoms. The maximum atomic E-state index is 12.6. The van der Waals surface area contributed by atoms with Gasteiger partial charge in [0.15, 0.2) is 0 Å². The van der Waals surface area contributed by atoms with Gasteiger partial charge in [-0.15, -0.1) is 0 Å². The molecule has 1 heterocycles. The summed E-state index contributed by atoms with van der Waals surface area (Å²) >= 11 is 0. The minimum Gasteiger partial charge on any atom is -0.495 e. The van der Waals surface area contributed by atoms with E-state index in [0.717, 1.165) is 38.2 Å². The summed E-state index contributed by atoms with van der Waals surface area (Å²) in [6, 6.07) is 16.1. The number of anilines is 1. The maximum absolute atomic E-state index is 12.6. The zero-order chi connectivity index (χ0) is 17.6. The molecular formula is C21H26N2O2. The fourth-order valence-corrected chi connectivity index (χ4v) is 3.36. The van der Waals surface area contributed by atoms with E-state index in [0.29, 0.717) is 5.75 Å². The van der Waals surface area contributed by atoms with Gasteiger partial charge >= 0.3 is 0 Å². The van der Waals surface area contributed by atoms with E-state index in [4.69, 9.17) is 4.74 Å². The Bertz CT molecular complexity index is 721. The van der Waals surface area contributed by atoms with Crippen molar-refractivity contribution in [3.8, 4) is 5.75 Å². The van der Waals surface area contributed by atoms with E-state index >= 15 is 0 Å². The van der Waals surface area contributed by atoms with Gasteiger partial charge in [0.1, 0.15) is 5.75 Å². The zero-order valence-corrected chi connectivity index (χ0v) is 15.0.